The number of rotatable bonds is 6. The van der Waals surface area contributed by atoms with E-state index in [0.29, 0.717) is 33.4 Å². The fraction of sp³-hybridized carbons (Fsp3) is 0.185. The first-order chi connectivity index (χ1) is 17.7. The second-order valence-corrected chi connectivity index (χ2v) is 8.77. The number of aliphatic carboxylic acids is 1. The Labute approximate surface area is 208 Å². The van der Waals surface area contributed by atoms with Gasteiger partial charge in [-0.15, -0.1) is 0 Å². The normalized spacial score (nSPS) is 15.1. The highest BCUT2D eigenvalue weighted by Gasteiger charge is 2.33. The molecule has 6 nitrogen and oxygen atoms in total. The van der Waals surface area contributed by atoms with Crippen LogP contribution in [-0.4, -0.2) is 31.2 Å². The van der Waals surface area contributed by atoms with E-state index >= 15 is 0 Å². The number of aromatic amines is 1. The summed E-state index contributed by atoms with van der Waals surface area (Å²) < 4.78 is 53.9. The van der Waals surface area contributed by atoms with Gasteiger partial charge in [0.05, 0.1) is 16.5 Å². The molecule has 2 N–H and O–H groups in total. The fourth-order valence-corrected chi connectivity index (χ4v) is 4.35. The van der Waals surface area contributed by atoms with Crippen LogP contribution in [0.5, 0.6) is 0 Å². The van der Waals surface area contributed by atoms with Crippen molar-refractivity contribution in [2.24, 2.45) is 5.92 Å². The number of hydrogen-bond donors (Lipinski definition) is 2. The van der Waals surface area contributed by atoms with Crippen molar-refractivity contribution in [1.82, 2.24) is 20.2 Å². The van der Waals surface area contributed by atoms with Crippen molar-refractivity contribution in [2.75, 3.05) is 0 Å². The smallest absolute Gasteiger partial charge is 0.419 e. The number of benzene rings is 2. The van der Waals surface area contributed by atoms with Gasteiger partial charge in [0.1, 0.15) is 0 Å². The van der Waals surface area contributed by atoms with E-state index in [1.54, 1.807) is 42.5 Å². The van der Waals surface area contributed by atoms with Gasteiger partial charge in [-0.2, -0.15) is 22.7 Å². The van der Waals surface area contributed by atoms with Crippen LogP contribution in [0.2, 0.25) is 0 Å². The molecule has 0 unspecified atom stereocenters. The number of carboxylic acid groups (broad SMARTS) is 1. The lowest BCUT2D eigenvalue weighted by Gasteiger charge is -2.30. The number of aromatic nitrogens is 4. The molecule has 188 valence electrons. The average Bonchev–Trinajstić information content (AvgIpc) is 3.21. The van der Waals surface area contributed by atoms with E-state index in [1.807, 2.05) is 0 Å². The largest absolute Gasteiger partial charge is 0.478 e. The monoisotopic (exact) mass is 508 g/mol. The van der Waals surface area contributed by atoms with Crippen molar-refractivity contribution in [3.8, 4) is 0 Å². The van der Waals surface area contributed by atoms with Gasteiger partial charge in [0.15, 0.2) is 5.82 Å². The number of nitrogens with zero attached hydrogens (tertiary/aromatic N) is 3. The Hall–Kier alpha value is -4.34. The predicted molar refractivity (Wildman–Crippen MR) is 129 cm³/mol. The van der Waals surface area contributed by atoms with Gasteiger partial charge in [-0.1, -0.05) is 36.8 Å². The Morgan fingerprint density at radius 2 is 1.70 bits per heavy atom. The van der Waals surface area contributed by atoms with Crippen LogP contribution in [0.15, 0.2) is 60.9 Å². The minimum absolute atomic E-state index is 0.00298. The first-order valence-corrected chi connectivity index (χ1v) is 11.5. The third kappa shape index (κ3) is 5.00. The molecule has 0 amide bonds. The van der Waals surface area contributed by atoms with Crippen molar-refractivity contribution in [3.63, 3.8) is 0 Å². The Bertz CT molecular complexity index is 1520. The van der Waals surface area contributed by atoms with Crippen LogP contribution in [0.1, 0.15) is 47.3 Å². The number of alkyl halides is 3. The Morgan fingerprint density at radius 3 is 2.30 bits per heavy atom. The van der Waals surface area contributed by atoms with Crippen molar-refractivity contribution in [2.45, 2.75) is 25.4 Å². The molecule has 1 saturated carbocycles. The molecule has 1 fully saturated rings. The number of H-pyrrole nitrogens is 1. The summed E-state index contributed by atoms with van der Waals surface area (Å²) in [5, 5.41) is 15.4. The van der Waals surface area contributed by atoms with Gasteiger partial charge in [0.25, 0.3) is 0 Å². The number of halogens is 4. The molecule has 0 spiro atoms. The number of nitrogens with one attached hydrogen (secondary N) is 1. The minimum Gasteiger partial charge on any atom is -0.478 e. The summed E-state index contributed by atoms with van der Waals surface area (Å²) in [5.41, 5.74) is 2.83. The molecule has 2 aromatic heterocycles. The summed E-state index contributed by atoms with van der Waals surface area (Å²) in [6.45, 7) is 0. The third-order valence-corrected chi connectivity index (χ3v) is 6.42. The molecule has 37 heavy (non-hydrogen) atoms. The van der Waals surface area contributed by atoms with E-state index in [2.05, 4.69) is 20.2 Å². The van der Waals surface area contributed by atoms with Gasteiger partial charge < -0.3 is 5.11 Å². The van der Waals surface area contributed by atoms with E-state index in [-0.39, 0.29) is 17.1 Å². The quantitative estimate of drug-likeness (QED) is 0.233. The maximum Gasteiger partial charge on any atom is 0.419 e. The highest BCUT2D eigenvalue weighted by molar-refractivity contribution is 6.00. The second kappa shape index (κ2) is 9.61. The van der Waals surface area contributed by atoms with Crippen LogP contribution < -0.4 is 0 Å². The molecule has 0 bridgehead atoms. The predicted octanol–water partition coefficient (Wildman–Crippen LogP) is 6.37. The summed E-state index contributed by atoms with van der Waals surface area (Å²) >= 11 is 0. The van der Waals surface area contributed by atoms with E-state index < -0.39 is 23.7 Å². The molecule has 1 aliphatic rings. The second-order valence-electron chi connectivity index (χ2n) is 8.77. The van der Waals surface area contributed by atoms with E-state index in [1.165, 1.54) is 6.08 Å². The van der Waals surface area contributed by atoms with Crippen LogP contribution in [0, 0.1) is 11.9 Å². The summed E-state index contributed by atoms with van der Waals surface area (Å²) in [6, 6.07) is 12.1. The molecule has 0 saturated heterocycles. The Kier molecular flexibility index (Phi) is 6.32. The van der Waals surface area contributed by atoms with Gasteiger partial charge in [-0.25, -0.2) is 14.8 Å². The molecule has 0 radical (unpaired) electrons. The lowest BCUT2D eigenvalue weighted by Crippen LogP contribution is -2.17. The number of hydrogen-bond acceptors (Lipinski definition) is 4. The van der Waals surface area contributed by atoms with Crippen molar-refractivity contribution in [1.29, 1.82) is 0 Å². The SMILES string of the molecule is O=C(O)/C=C/c1ccc(/C(=C(\c2ncc(C(F)(F)F)cn2)C2CCC2)c2ccc3n[nH]c(F)c3c2)cc1. The van der Waals surface area contributed by atoms with Crippen LogP contribution in [-0.2, 0) is 11.0 Å². The molecular formula is C27H20F4N4O2. The van der Waals surface area contributed by atoms with Crippen LogP contribution in [0.25, 0.3) is 28.1 Å². The molecule has 10 heteroatoms. The Morgan fingerprint density at radius 1 is 1.03 bits per heavy atom. The summed E-state index contributed by atoms with van der Waals surface area (Å²) in [4.78, 5) is 19.1. The molecule has 5 rings (SSSR count). The van der Waals surface area contributed by atoms with Crippen molar-refractivity contribution < 1.29 is 27.5 Å². The van der Waals surface area contributed by atoms with E-state index in [9.17, 15) is 22.4 Å². The van der Waals surface area contributed by atoms with E-state index in [0.717, 1.165) is 37.7 Å². The summed E-state index contributed by atoms with van der Waals surface area (Å²) in [5.74, 6) is -1.49. The Balaban J connectivity index is 1.72. The number of fused-ring (bicyclic) bond motifs is 1. The lowest BCUT2D eigenvalue weighted by atomic mass is 9.75. The third-order valence-electron chi connectivity index (χ3n) is 6.42. The van der Waals surface area contributed by atoms with Gasteiger partial charge in [-0.3, -0.25) is 5.10 Å². The molecule has 2 aromatic carbocycles. The molecule has 0 aliphatic heterocycles. The molecule has 2 heterocycles. The first kappa shape index (κ1) is 24.4. The maximum absolute atomic E-state index is 14.4. The number of carboxylic acids is 1. The zero-order valence-electron chi connectivity index (χ0n) is 19.3. The molecule has 1 aliphatic carbocycles. The van der Waals surface area contributed by atoms with Crippen molar-refractivity contribution in [3.05, 3.63) is 95.0 Å². The van der Waals surface area contributed by atoms with E-state index in [4.69, 9.17) is 5.11 Å². The highest BCUT2D eigenvalue weighted by atomic mass is 19.4. The fourth-order valence-electron chi connectivity index (χ4n) is 4.35. The topological polar surface area (TPSA) is 91.8 Å². The minimum atomic E-state index is -4.56. The maximum atomic E-state index is 14.4. The zero-order valence-corrected chi connectivity index (χ0v) is 19.3. The van der Waals surface area contributed by atoms with Crippen molar-refractivity contribution >= 4 is 34.1 Å². The summed E-state index contributed by atoms with van der Waals surface area (Å²) in [6.07, 6.45) is 2.04. The first-order valence-electron chi connectivity index (χ1n) is 11.5. The summed E-state index contributed by atoms with van der Waals surface area (Å²) in [7, 11) is 0. The van der Waals surface area contributed by atoms with Crippen LogP contribution >= 0.6 is 0 Å². The van der Waals surface area contributed by atoms with Gasteiger partial charge in [0.2, 0.25) is 5.95 Å². The van der Waals surface area contributed by atoms with Crippen LogP contribution in [0.4, 0.5) is 17.6 Å². The average molecular weight is 508 g/mol. The number of carbonyl (C=O) groups is 1. The molecular weight excluding hydrogens is 488 g/mol. The van der Waals surface area contributed by atoms with Gasteiger partial charge in [0, 0.05) is 24.0 Å². The van der Waals surface area contributed by atoms with Crippen LogP contribution in [0.3, 0.4) is 0 Å². The molecule has 4 aromatic rings. The zero-order chi connectivity index (χ0) is 26.2. The van der Waals surface area contributed by atoms with Gasteiger partial charge in [-0.05, 0) is 59.2 Å². The number of allylic oxidation sites excluding steroid dienone is 1. The van der Waals surface area contributed by atoms with Gasteiger partial charge >= 0.3 is 12.1 Å². The highest BCUT2D eigenvalue weighted by Crippen LogP contribution is 2.44. The lowest BCUT2D eigenvalue weighted by molar-refractivity contribution is -0.138. The standard InChI is InChI=1S/C27H20F4N4O2/c28-25-20-12-18(9-10-21(20)34-35-25)23(17-7-4-15(5-8-17)6-11-22(36)37)24(16-2-1-3-16)26-32-13-19(14-33-26)27(29,30)31/h4-14,16H,1-3H2,(H,34,35)(H,36,37)/b11-6+,24-23+. The molecule has 0 atom stereocenters.